The first-order chi connectivity index (χ1) is 18.2. The monoisotopic (exact) mass is 517 g/mol. The minimum atomic E-state index is -0.699. The number of hydrogen-bond donors (Lipinski definition) is 1. The van der Waals surface area contributed by atoms with E-state index in [0.29, 0.717) is 31.5 Å². The van der Waals surface area contributed by atoms with Crippen LogP contribution in [0, 0.1) is 0 Å². The SMILES string of the molecule is CN(CCO)C(=O)c1ccc(C(=C2CCN(OC(=O)OC(C)(C)C)CC2)c2cccc3cccnc23)cc1. The van der Waals surface area contributed by atoms with E-state index in [4.69, 9.17) is 9.57 Å². The Kier molecular flexibility index (Phi) is 8.44. The van der Waals surface area contributed by atoms with Gasteiger partial charge in [0.1, 0.15) is 5.60 Å². The lowest BCUT2D eigenvalue weighted by Crippen LogP contribution is -2.36. The zero-order chi connectivity index (χ0) is 27.3. The first-order valence-corrected chi connectivity index (χ1v) is 12.8. The highest BCUT2D eigenvalue weighted by atomic mass is 16.8. The molecule has 200 valence electrons. The van der Waals surface area contributed by atoms with Crippen LogP contribution in [0.15, 0.2) is 66.4 Å². The number of pyridine rings is 1. The Hall–Kier alpha value is -3.75. The van der Waals surface area contributed by atoms with Crippen molar-refractivity contribution in [3.8, 4) is 0 Å². The second-order valence-electron chi connectivity index (χ2n) is 10.4. The molecular weight excluding hydrogens is 482 g/mol. The van der Waals surface area contributed by atoms with Gasteiger partial charge in [-0.05, 0) is 62.9 Å². The van der Waals surface area contributed by atoms with Gasteiger partial charge in [-0.15, -0.1) is 5.06 Å². The van der Waals surface area contributed by atoms with E-state index in [-0.39, 0.29) is 19.1 Å². The minimum Gasteiger partial charge on any atom is -0.427 e. The number of piperidine rings is 1. The van der Waals surface area contributed by atoms with Crippen molar-refractivity contribution in [3.05, 3.63) is 83.1 Å². The summed E-state index contributed by atoms with van der Waals surface area (Å²) in [5.41, 5.74) is 5.17. The predicted molar refractivity (Wildman–Crippen MR) is 146 cm³/mol. The summed E-state index contributed by atoms with van der Waals surface area (Å²) in [4.78, 5) is 36.5. The van der Waals surface area contributed by atoms with Crippen LogP contribution in [0.25, 0.3) is 16.5 Å². The first kappa shape index (κ1) is 27.3. The number of para-hydroxylation sites is 1. The normalized spacial score (nSPS) is 14.3. The number of hydrogen-bond acceptors (Lipinski definition) is 7. The fourth-order valence-corrected chi connectivity index (χ4v) is 4.58. The molecular formula is C30H35N3O5. The molecule has 0 bridgehead atoms. The van der Waals surface area contributed by atoms with Crippen LogP contribution in [0.2, 0.25) is 0 Å². The third kappa shape index (κ3) is 6.57. The molecule has 1 aromatic heterocycles. The molecule has 1 fully saturated rings. The number of likely N-dealkylation sites (N-methyl/N-ethyl adjacent to an activating group) is 1. The molecule has 2 aromatic carbocycles. The Bertz CT molecular complexity index is 1310. The van der Waals surface area contributed by atoms with Gasteiger partial charge in [-0.3, -0.25) is 9.78 Å². The second kappa shape index (κ2) is 11.8. The molecule has 0 saturated carbocycles. The van der Waals surface area contributed by atoms with E-state index in [0.717, 1.165) is 27.6 Å². The number of aromatic nitrogens is 1. The number of carbonyl (C=O) groups excluding carboxylic acids is 2. The van der Waals surface area contributed by atoms with E-state index >= 15 is 0 Å². The van der Waals surface area contributed by atoms with Crippen molar-refractivity contribution < 1.29 is 24.3 Å². The lowest BCUT2D eigenvalue weighted by molar-refractivity contribution is -0.146. The van der Waals surface area contributed by atoms with Crippen molar-refractivity contribution in [2.75, 3.05) is 33.3 Å². The molecule has 38 heavy (non-hydrogen) atoms. The smallest absolute Gasteiger partial charge is 0.427 e. The number of ether oxygens (including phenoxy) is 1. The van der Waals surface area contributed by atoms with Gasteiger partial charge in [-0.25, -0.2) is 4.79 Å². The van der Waals surface area contributed by atoms with Gasteiger partial charge in [0, 0.05) is 49.4 Å². The summed E-state index contributed by atoms with van der Waals surface area (Å²) in [7, 11) is 1.68. The largest absolute Gasteiger partial charge is 0.528 e. The maximum absolute atomic E-state index is 12.7. The van der Waals surface area contributed by atoms with Crippen LogP contribution in [0.4, 0.5) is 4.79 Å². The topological polar surface area (TPSA) is 92.2 Å². The summed E-state index contributed by atoms with van der Waals surface area (Å²) in [5.74, 6) is -0.140. The second-order valence-corrected chi connectivity index (χ2v) is 10.4. The average molecular weight is 518 g/mol. The fraction of sp³-hybridized carbons (Fsp3) is 0.367. The van der Waals surface area contributed by atoms with Crippen molar-refractivity contribution in [2.24, 2.45) is 0 Å². The van der Waals surface area contributed by atoms with Crippen molar-refractivity contribution >= 4 is 28.5 Å². The zero-order valence-corrected chi connectivity index (χ0v) is 22.4. The van der Waals surface area contributed by atoms with E-state index in [1.165, 1.54) is 10.5 Å². The van der Waals surface area contributed by atoms with Crippen LogP contribution in [-0.2, 0) is 9.57 Å². The van der Waals surface area contributed by atoms with E-state index in [1.54, 1.807) is 39.1 Å². The average Bonchev–Trinajstić information content (AvgIpc) is 2.89. The summed E-state index contributed by atoms with van der Waals surface area (Å²) in [6, 6.07) is 17.7. The van der Waals surface area contributed by atoms with Gasteiger partial charge in [0.2, 0.25) is 0 Å². The van der Waals surface area contributed by atoms with Gasteiger partial charge in [0.25, 0.3) is 5.91 Å². The van der Waals surface area contributed by atoms with E-state index in [2.05, 4.69) is 11.1 Å². The van der Waals surface area contributed by atoms with Crippen LogP contribution in [0.3, 0.4) is 0 Å². The highest BCUT2D eigenvalue weighted by molar-refractivity contribution is 5.98. The molecule has 3 aromatic rings. The number of aliphatic hydroxyl groups excluding tert-OH is 1. The van der Waals surface area contributed by atoms with Crippen molar-refractivity contribution in [2.45, 2.75) is 39.2 Å². The highest BCUT2D eigenvalue weighted by Crippen LogP contribution is 2.35. The van der Waals surface area contributed by atoms with Crippen LogP contribution in [0.1, 0.15) is 55.1 Å². The van der Waals surface area contributed by atoms with Crippen LogP contribution in [-0.4, -0.2) is 71.0 Å². The number of hydroxylamine groups is 2. The van der Waals surface area contributed by atoms with E-state index < -0.39 is 11.8 Å². The molecule has 1 N–H and O–H groups in total. The summed E-state index contributed by atoms with van der Waals surface area (Å²) in [5, 5.41) is 11.9. The lowest BCUT2D eigenvalue weighted by Gasteiger charge is -2.29. The van der Waals surface area contributed by atoms with E-state index in [9.17, 15) is 14.7 Å². The fourth-order valence-electron chi connectivity index (χ4n) is 4.58. The number of fused-ring (bicyclic) bond motifs is 1. The maximum atomic E-state index is 12.7. The molecule has 0 aliphatic carbocycles. The number of benzene rings is 2. The summed E-state index contributed by atoms with van der Waals surface area (Å²) in [6.07, 6.45) is 2.49. The quantitative estimate of drug-likeness (QED) is 0.457. The Morgan fingerprint density at radius 3 is 2.32 bits per heavy atom. The van der Waals surface area contributed by atoms with Crippen LogP contribution < -0.4 is 0 Å². The standard InChI is InChI=1S/C30H35N3O5/c1-30(2,3)37-29(36)38-33-17-14-22(15-18-33)26(25-9-5-7-23-8-6-16-31-27(23)25)21-10-12-24(13-11-21)28(35)32(4)19-20-34/h5-13,16,34H,14-15,17-20H2,1-4H3. The molecule has 8 heteroatoms. The van der Waals surface area contributed by atoms with Crippen molar-refractivity contribution in [1.82, 2.24) is 14.9 Å². The Labute approximate surface area is 223 Å². The van der Waals surface area contributed by atoms with Crippen molar-refractivity contribution in [1.29, 1.82) is 0 Å². The third-order valence-electron chi connectivity index (χ3n) is 6.38. The number of aliphatic hydroxyl groups is 1. The molecule has 0 spiro atoms. The number of amides is 1. The molecule has 0 radical (unpaired) electrons. The molecule has 8 nitrogen and oxygen atoms in total. The summed E-state index contributed by atoms with van der Waals surface area (Å²) < 4.78 is 5.30. The molecule has 1 aliphatic heterocycles. The summed E-state index contributed by atoms with van der Waals surface area (Å²) in [6.45, 7) is 6.69. The van der Waals surface area contributed by atoms with Gasteiger partial charge in [0.15, 0.2) is 0 Å². The molecule has 1 amide bonds. The number of nitrogens with zero attached hydrogens (tertiary/aromatic N) is 3. The number of carbonyl (C=O) groups is 2. The van der Waals surface area contributed by atoms with Gasteiger partial charge < -0.3 is 19.6 Å². The molecule has 2 heterocycles. The van der Waals surface area contributed by atoms with Crippen LogP contribution >= 0.6 is 0 Å². The third-order valence-corrected chi connectivity index (χ3v) is 6.38. The predicted octanol–water partition coefficient (Wildman–Crippen LogP) is 5.06. The Morgan fingerprint density at radius 2 is 1.66 bits per heavy atom. The lowest BCUT2D eigenvalue weighted by atomic mass is 9.87. The Balaban J connectivity index is 1.66. The van der Waals surface area contributed by atoms with Crippen molar-refractivity contribution in [3.63, 3.8) is 0 Å². The maximum Gasteiger partial charge on any atom is 0.528 e. The molecule has 1 saturated heterocycles. The van der Waals surface area contributed by atoms with Gasteiger partial charge >= 0.3 is 6.16 Å². The van der Waals surface area contributed by atoms with E-state index in [1.807, 2.05) is 48.5 Å². The molecule has 4 rings (SSSR count). The summed E-state index contributed by atoms with van der Waals surface area (Å²) >= 11 is 0. The molecule has 0 unspecified atom stereocenters. The highest BCUT2D eigenvalue weighted by Gasteiger charge is 2.25. The van der Waals surface area contributed by atoms with Crippen LogP contribution in [0.5, 0.6) is 0 Å². The number of rotatable bonds is 6. The molecule has 1 aliphatic rings. The van der Waals surface area contributed by atoms with Gasteiger partial charge in [-0.2, -0.15) is 0 Å². The zero-order valence-electron chi connectivity index (χ0n) is 22.4. The molecule has 0 atom stereocenters. The van der Waals surface area contributed by atoms with Gasteiger partial charge in [-0.1, -0.05) is 42.0 Å². The minimum absolute atomic E-state index is 0.0840. The Morgan fingerprint density at radius 1 is 1.00 bits per heavy atom. The first-order valence-electron chi connectivity index (χ1n) is 12.8. The van der Waals surface area contributed by atoms with Gasteiger partial charge in [0.05, 0.1) is 12.1 Å².